The van der Waals surface area contributed by atoms with Gasteiger partial charge in [-0.2, -0.15) is 0 Å². The Morgan fingerprint density at radius 3 is 2.87 bits per heavy atom. The Bertz CT molecular complexity index is 330. The minimum atomic E-state index is -0.854. The van der Waals surface area contributed by atoms with Gasteiger partial charge < -0.3 is 20.5 Å². The fraction of sp³-hybridized carbons (Fsp3) is 0.500. The molecule has 15 heavy (non-hydrogen) atoms. The van der Waals surface area contributed by atoms with E-state index in [0.717, 1.165) is 18.8 Å². The van der Waals surface area contributed by atoms with Crippen molar-refractivity contribution < 1.29 is 9.84 Å². The smallest absolute Gasteiger partial charge is 0.137 e. The molecular formula is C10H15N3O2. The Morgan fingerprint density at radius 2 is 2.20 bits per heavy atom. The third-order valence-corrected chi connectivity index (χ3v) is 2.63. The third kappa shape index (κ3) is 1.88. The molecule has 0 bridgehead atoms. The van der Waals surface area contributed by atoms with E-state index >= 15 is 0 Å². The summed E-state index contributed by atoms with van der Waals surface area (Å²) in [6.45, 7) is 6.83. The van der Waals surface area contributed by atoms with E-state index in [2.05, 4.69) is 16.5 Å². The van der Waals surface area contributed by atoms with Gasteiger partial charge in [0.05, 0.1) is 25.1 Å². The fourth-order valence-corrected chi connectivity index (χ4v) is 1.70. The summed E-state index contributed by atoms with van der Waals surface area (Å²) in [6, 6.07) is 0. The Hall–Kier alpha value is -1.33. The van der Waals surface area contributed by atoms with E-state index in [1.54, 1.807) is 6.20 Å². The molecule has 82 valence electrons. The maximum atomic E-state index is 9.69. The summed E-state index contributed by atoms with van der Waals surface area (Å²) in [4.78, 5) is 6.06. The Labute approximate surface area is 88.5 Å². The number of amidine groups is 1. The molecule has 0 aromatic carbocycles. The second-order valence-electron chi connectivity index (χ2n) is 3.60. The van der Waals surface area contributed by atoms with Crippen LogP contribution in [0.15, 0.2) is 29.0 Å². The minimum absolute atomic E-state index is 0.206. The first kappa shape index (κ1) is 10.2. The summed E-state index contributed by atoms with van der Waals surface area (Å²) in [5, 5.41) is 9.69. The van der Waals surface area contributed by atoms with Crippen molar-refractivity contribution in [2.45, 2.75) is 6.10 Å². The fourth-order valence-electron chi connectivity index (χ4n) is 1.70. The van der Waals surface area contributed by atoms with Crippen LogP contribution in [-0.4, -0.2) is 48.2 Å². The zero-order valence-electron chi connectivity index (χ0n) is 8.52. The number of ether oxygens (including phenoxy) is 1. The topological polar surface area (TPSA) is 71.1 Å². The third-order valence-electron chi connectivity index (χ3n) is 2.63. The number of rotatable bonds is 1. The maximum absolute atomic E-state index is 9.69. The average Bonchev–Trinajstić information content (AvgIpc) is 2.27. The molecule has 0 aromatic heterocycles. The van der Waals surface area contributed by atoms with E-state index in [1.807, 2.05) is 0 Å². The Kier molecular flexibility index (Phi) is 2.75. The number of aliphatic imine (C=N–C) groups is 1. The largest absolute Gasteiger partial charge is 0.385 e. The molecule has 1 unspecified atom stereocenters. The van der Waals surface area contributed by atoms with Gasteiger partial charge in [0.1, 0.15) is 11.9 Å². The van der Waals surface area contributed by atoms with Gasteiger partial charge in [0.15, 0.2) is 0 Å². The number of hydrogen-bond acceptors (Lipinski definition) is 5. The van der Waals surface area contributed by atoms with Gasteiger partial charge in [-0.05, 0) is 0 Å². The zero-order valence-corrected chi connectivity index (χ0v) is 8.52. The first-order chi connectivity index (χ1) is 7.20. The van der Waals surface area contributed by atoms with Gasteiger partial charge >= 0.3 is 0 Å². The summed E-state index contributed by atoms with van der Waals surface area (Å²) < 4.78 is 5.25. The van der Waals surface area contributed by atoms with Gasteiger partial charge in [0, 0.05) is 18.7 Å². The predicted octanol–water partition coefficient (Wildman–Crippen LogP) is -0.552. The molecule has 2 heterocycles. The number of aliphatic hydroxyl groups is 1. The Balaban J connectivity index is 2.17. The highest BCUT2D eigenvalue weighted by Crippen LogP contribution is 2.22. The zero-order chi connectivity index (χ0) is 10.8. The highest BCUT2D eigenvalue weighted by atomic mass is 16.5. The van der Waals surface area contributed by atoms with Crippen molar-refractivity contribution in [3.63, 3.8) is 0 Å². The molecule has 0 saturated carbocycles. The van der Waals surface area contributed by atoms with Crippen LogP contribution in [-0.2, 0) is 4.74 Å². The van der Waals surface area contributed by atoms with E-state index in [-0.39, 0.29) is 5.84 Å². The maximum Gasteiger partial charge on any atom is 0.137 e. The lowest BCUT2D eigenvalue weighted by Gasteiger charge is -2.33. The van der Waals surface area contributed by atoms with Crippen molar-refractivity contribution in [2.75, 3.05) is 26.3 Å². The van der Waals surface area contributed by atoms with Gasteiger partial charge in [-0.1, -0.05) is 6.58 Å². The molecule has 2 aliphatic heterocycles. The standard InChI is InChI=1S/C10H15N3O2/c1-7-8(6-12-10(11)9(7)14)13-2-4-15-5-3-13/h6,9,14H,1-5H2,(H2,11,12). The molecule has 1 saturated heterocycles. The molecule has 1 atom stereocenters. The van der Waals surface area contributed by atoms with Crippen LogP contribution in [0, 0.1) is 0 Å². The summed E-state index contributed by atoms with van der Waals surface area (Å²) in [5.74, 6) is 0.206. The van der Waals surface area contributed by atoms with Crippen molar-refractivity contribution in [2.24, 2.45) is 10.7 Å². The van der Waals surface area contributed by atoms with Crippen LogP contribution in [0.1, 0.15) is 0 Å². The number of hydrogen-bond donors (Lipinski definition) is 2. The van der Waals surface area contributed by atoms with Gasteiger partial charge in [-0.15, -0.1) is 0 Å². The van der Waals surface area contributed by atoms with Crippen molar-refractivity contribution in [1.29, 1.82) is 0 Å². The van der Waals surface area contributed by atoms with Crippen LogP contribution in [0.3, 0.4) is 0 Å². The van der Waals surface area contributed by atoms with Crippen molar-refractivity contribution >= 4 is 5.84 Å². The van der Waals surface area contributed by atoms with Gasteiger partial charge in [0.2, 0.25) is 0 Å². The summed E-state index contributed by atoms with van der Waals surface area (Å²) in [6.07, 6.45) is 0.809. The van der Waals surface area contributed by atoms with Crippen LogP contribution in [0.5, 0.6) is 0 Å². The van der Waals surface area contributed by atoms with E-state index < -0.39 is 6.10 Å². The Morgan fingerprint density at radius 1 is 1.53 bits per heavy atom. The van der Waals surface area contributed by atoms with E-state index in [4.69, 9.17) is 10.5 Å². The lowest BCUT2D eigenvalue weighted by atomic mass is 10.0. The summed E-state index contributed by atoms with van der Waals surface area (Å²) >= 11 is 0. The molecule has 0 radical (unpaired) electrons. The molecule has 2 rings (SSSR count). The second-order valence-corrected chi connectivity index (χ2v) is 3.60. The van der Waals surface area contributed by atoms with Crippen molar-refractivity contribution in [3.8, 4) is 0 Å². The summed E-state index contributed by atoms with van der Waals surface area (Å²) in [7, 11) is 0. The molecule has 0 spiro atoms. The number of aliphatic hydroxyl groups excluding tert-OH is 1. The number of nitrogens with two attached hydrogens (primary N) is 1. The van der Waals surface area contributed by atoms with E-state index in [1.165, 1.54) is 0 Å². The second kappa shape index (κ2) is 4.04. The molecule has 5 heteroatoms. The quantitative estimate of drug-likeness (QED) is 0.607. The van der Waals surface area contributed by atoms with Crippen molar-refractivity contribution in [3.05, 3.63) is 24.0 Å². The molecular weight excluding hydrogens is 194 g/mol. The lowest BCUT2D eigenvalue weighted by molar-refractivity contribution is 0.0534. The lowest BCUT2D eigenvalue weighted by Crippen LogP contribution is -2.41. The van der Waals surface area contributed by atoms with Gasteiger partial charge in [0.25, 0.3) is 0 Å². The first-order valence-corrected chi connectivity index (χ1v) is 4.93. The first-order valence-electron chi connectivity index (χ1n) is 4.93. The molecule has 5 nitrogen and oxygen atoms in total. The van der Waals surface area contributed by atoms with Gasteiger partial charge in [-0.25, -0.2) is 4.99 Å². The molecule has 2 aliphatic rings. The van der Waals surface area contributed by atoms with Crippen LogP contribution in [0.4, 0.5) is 0 Å². The summed E-state index contributed by atoms with van der Waals surface area (Å²) in [5.41, 5.74) is 6.99. The molecule has 1 fully saturated rings. The van der Waals surface area contributed by atoms with Crippen LogP contribution in [0.25, 0.3) is 0 Å². The van der Waals surface area contributed by atoms with E-state index in [0.29, 0.717) is 18.8 Å². The SMILES string of the molecule is C=C1C(N2CCOCC2)=CN=C(N)C1O. The monoisotopic (exact) mass is 209 g/mol. The average molecular weight is 209 g/mol. The normalized spacial score (nSPS) is 27.4. The molecule has 3 N–H and O–H groups in total. The van der Waals surface area contributed by atoms with Gasteiger partial charge in [-0.3, -0.25) is 0 Å². The van der Waals surface area contributed by atoms with E-state index in [9.17, 15) is 5.11 Å². The number of morpholine rings is 1. The number of nitrogens with zero attached hydrogens (tertiary/aromatic N) is 2. The highest BCUT2D eigenvalue weighted by molar-refractivity contribution is 5.90. The highest BCUT2D eigenvalue weighted by Gasteiger charge is 2.25. The molecule has 0 aliphatic carbocycles. The van der Waals surface area contributed by atoms with Crippen LogP contribution in [0.2, 0.25) is 0 Å². The minimum Gasteiger partial charge on any atom is -0.385 e. The van der Waals surface area contributed by atoms with Crippen LogP contribution >= 0.6 is 0 Å². The van der Waals surface area contributed by atoms with Crippen molar-refractivity contribution in [1.82, 2.24) is 4.90 Å². The predicted molar refractivity (Wildman–Crippen MR) is 57.2 cm³/mol. The molecule has 0 aromatic rings. The molecule has 0 amide bonds. The van der Waals surface area contributed by atoms with Crippen LogP contribution < -0.4 is 5.73 Å².